The first-order valence-corrected chi connectivity index (χ1v) is 7.28. The molecule has 0 aliphatic carbocycles. The minimum Gasteiger partial charge on any atom is -0.399 e. The maximum absolute atomic E-state index is 11.9. The van der Waals surface area contributed by atoms with Crippen molar-refractivity contribution in [1.82, 2.24) is 15.3 Å². The number of piperidine rings is 1. The van der Waals surface area contributed by atoms with Crippen LogP contribution >= 0.6 is 0 Å². The van der Waals surface area contributed by atoms with E-state index in [1.165, 1.54) is 0 Å². The van der Waals surface area contributed by atoms with Gasteiger partial charge in [-0.3, -0.25) is 4.79 Å². The number of nitrogens with two attached hydrogens (primary N) is 1. The molecule has 21 heavy (non-hydrogen) atoms. The van der Waals surface area contributed by atoms with Crippen molar-refractivity contribution in [2.24, 2.45) is 5.92 Å². The Morgan fingerprint density at radius 3 is 3.14 bits per heavy atom. The number of benzene rings is 1. The number of carbonyl (C=O) groups is 1. The van der Waals surface area contributed by atoms with Crippen molar-refractivity contribution in [1.29, 1.82) is 0 Å². The van der Waals surface area contributed by atoms with Gasteiger partial charge in [-0.2, -0.15) is 0 Å². The van der Waals surface area contributed by atoms with E-state index >= 15 is 0 Å². The first kappa shape index (κ1) is 12.4. The number of nitrogen functional groups attached to an aromatic ring is 1. The molecule has 3 N–H and O–H groups in total. The van der Waals surface area contributed by atoms with Crippen LogP contribution in [0.5, 0.6) is 0 Å². The number of nitrogens with one attached hydrogen (secondary N) is 1. The Kier molecular flexibility index (Phi) is 2.70. The molecule has 2 saturated heterocycles. The zero-order valence-corrected chi connectivity index (χ0v) is 11.6. The van der Waals surface area contributed by atoms with E-state index in [0.29, 0.717) is 12.2 Å². The van der Waals surface area contributed by atoms with E-state index in [-0.39, 0.29) is 17.9 Å². The Hall–Kier alpha value is -2.37. The highest BCUT2D eigenvalue weighted by atomic mass is 16.2. The third-order valence-corrected chi connectivity index (χ3v) is 4.51. The topological polar surface area (TPSA) is 84.1 Å². The second kappa shape index (κ2) is 4.58. The van der Waals surface area contributed by atoms with E-state index in [0.717, 1.165) is 36.1 Å². The molecule has 4 rings (SSSR count). The van der Waals surface area contributed by atoms with Gasteiger partial charge in [0, 0.05) is 24.2 Å². The predicted octanol–water partition coefficient (Wildman–Crippen LogP) is 0.927. The van der Waals surface area contributed by atoms with Gasteiger partial charge in [0.05, 0.1) is 17.5 Å². The lowest BCUT2D eigenvalue weighted by Gasteiger charge is -2.37. The summed E-state index contributed by atoms with van der Waals surface area (Å²) in [5, 5.41) is 3.97. The highest BCUT2D eigenvalue weighted by molar-refractivity contribution is 5.92. The number of nitrogens with zero attached hydrogens (tertiary/aromatic N) is 3. The Morgan fingerprint density at radius 1 is 1.33 bits per heavy atom. The molecule has 0 spiro atoms. The van der Waals surface area contributed by atoms with Gasteiger partial charge in [-0.1, -0.05) is 0 Å². The molecule has 2 aliphatic rings. The molecule has 1 aromatic heterocycles. The van der Waals surface area contributed by atoms with E-state index in [2.05, 4.69) is 20.2 Å². The lowest BCUT2D eigenvalue weighted by Crippen LogP contribution is -2.46. The van der Waals surface area contributed by atoms with Gasteiger partial charge in [0.15, 0.2) is 0 Å². The van der Waals surface area contributed by atoms with Crippen molar-refractivity contribution in [3.05, 3.63) is 24.5 Å². The monoisotopic (exact) mass is 283 g/mol. The summed E-state index contributed by atoms with van der Waals surface area (Å²) in [7, 11) is 0. The lowest BCUT2D eigenvalue weighted by atomic mass is 9.91. The standard InChI is InChI=1S/C15H17N5O/c16-9-3-4-10-12(6-9)18-8-19-14(10)20-5-1-2-11-13(20)7-17-15(11)21/h3-4,6,8,11,13H,1-2,5,7,16H2,(H,17,21). The summed E-state index contributed by atoms with van der Waals surface area (Å²) in [5.74, 6) is 1.16. The molecule has 1 amide bonds. The second-order valence-electron chi connectivity index (χ2n) is 5.73. The molecule has 2 fully saturated rings. The smallest absolute Gasteiger partial charge is 0.225 e. The Morgan fingerprint density at radius 2 is 2.24 bits per heavy atom. The largest absolute Gasteiger partial charge is 0.399 e. The van der Waals surface area contributed by atoms with Crippen LogP contribution in [-0.4, -0.2) is 35.0 Å². The molecule has 0 saturated carbocycles. The number of amides is 1. The van der Waals surface area contributed by atoms with Gasteiger partial charge in [0.1, 0.15) is 12.1 Å². The third kappa shape index (κ3) is 1.90. The van der Waals surface area contributed by atoms with E-state index < -0.39 is 0 Å². The number of anilines is 2. The third-order valence-electron chi connectivity index (χ3n) is 4.51. The van der Waals surface area contributed by atoms with Crippen molar-refractivity contribution in [3.8, 4) is 0 Å². The number of carbonyl (C=O) groups excluding carboxylic acids is 1. The summed E-state index contributed by atoms with van der Waals surface area (Å²) in [6, 6.07) is 5.89. The molecule has 2 atom stereocenters. The molecule has 3 heterocycles. The maximum Gasteiger partial charge on any atom is 0.225 e. The van der Waals surface area contributed by atoms with Crippen molar-refractivity contribution in [2.45, 2.75) is 18.9 Å². The van der Waals surface area contributed by atoms with Gasteiger partial charge in [-0.15, -0.1) is 0 Å². The SMILES string of the molecule is Nc1ccc2c(N3CCCC4C(=O)NCC43)ncnc2c1. The summed E-state index contributed by atoms with van der Waals surface area (Å²) < 4.78 is 0. The summed E-state index contributed by atoms with van der Waals surface area (Å²) in [4.78, 5) is 22.9. The summed E-state index contributed by atoms with van der Waals surface area (Å²) in [5.41, 5.74) is 7.37. The van der Waals surface area contributed by atoms with Gasteiger partial charge in [-0.25, -0.2) is 9.97 Å². The quantitative estimate of drug-likeness (QED) is 0.761. The average molecular weight is 283 g/mol. The average Bonchev–Trinajstić information content (AvgIpc) is 2.88. The molecule has 6 nitrogen and oxygen atoms in total. The fourth-order valence-corrected chi connectivity index (χ4v) is 3.50. The second-order valence-corrected chi connectivity index (χ2v) is 5.73. The first-order chi connectivity index (χ1) is 10.2. The van der Waals surface area contributed by atoms with Gasteiger partial charge in [0.2, 0.25) is 5.91 Å². The predicted molar refractivity (Wildman–Crippen MR) is 80.8 cm³/mol. The van der Waals surface area contributed by atoms with E-state index in [1.54, 1.807) is 6.33 Å². The number of hydrogen-bond acceptors (Lipinski definition) is 5. The van der Waals surface area contributed by atoms with Crippen LogP contribution in [0.4, 0.5) is 11.5 Å². The van der Waals surface area contributed by atoms with Crippen LogP contribution in [0.1, 0.15) is 12.8 Å². The minimum absolute atomic E-state index is 0.0811. The Labute approximate surface area is 122 Å². The molecule has 0 bridgehead atoms. The fourth-order valence-electron chi connectivity index (χ4n) is 3.50. The van der Waals surface area contributed by atoms with E-state index in [1.807, 2.05) is 18.2 Å². The van der Waals surface area contributed by atoms with Crippen molar-refractivity contribution >= 4 is 28.3 Å². The van der Waals surface area contributed by atoms with Crippen molar-refractivity contribution < 1.29 is 4.79 Å². The number of aromatic nitrogens is 2. The highest BCUT2D eigenvalue weighted by Crippen LogP contribution is 2.33. The van der Waals surface area contributed by atoms with E-state index in [9.17, 15) is 4.79 Å². The van der Waals surface area contributed by atoms with Gasteiger partial charge < -0.3 is 16.0 Å². The summed E-state index contributed by atoms with van der Waals surface area (Å²) >= 11 is 0. The summed E-state index contributed by atoms with van der Waals surface area (Å²) in [6.45, 7) is 1.62. The van der Waals surface area contributed by atoms with Crippen LogP contribution < -0.4 is 16.0 Å². The van der Waals surface area contributed by atoms with Crippen LogP contribution in [0.2, 0.25) is 0 Å². The number of hydrogen-bond donors (Lipinski definition) is 2. The Bertz CT molecular complexity index is 716. The van der Waals surface area contributed by atoms with Crippen molar-refractivity contribution in [3.63, 3.8) is 0 Å². The maximum atomic E-state index is 11.9. The molecule has 2 aliphatic heterocycles. The molecule has 0 radical (unpaired) electrons. The van der Waals surface area contributed by atoms with Crippen LogP contribution in [0.3, 0.4) is 0 Å². The van der Waals surface area contributed by atoms with Crippen LogP contribution in [0.25, 0.3) is 10.9 Å². The van der Waals surface area contributed by atoms with Crippen LogP contribution in [0.15, 0.2) is 24.5 Å². The molecule has 1 aromatic carbocycles. The van der Waals surface area contributed by atoms with E-state index in [4.69, 9.17) is 5.73 Å². The molecule has 2 unspecified atom stereocenters. The van der Waals surface area contributed by atoms with Gasteiger partial charge in [-0.05, 0) is 31.0 Å². The zero-order valence-electron chi connectivity index (χ0n) is 11.6. The zero-order chi connectivity index (χ0) is 14.4. The molecule has 108 valence electrons. The molecule has 2 aromatic rings. The molecular weight excluding hydrogens is 266 g/mol. The first-order valence-electron chi connectivity index (χ1n) is 7.28. The lowest BCUT2D eigenvalue weighted by molar-refractivity contribution is -0.122. The number of rotatable bonds is 1. The fraction of sp³-hybridized carbons (Fsp3) is 0.400. The number of fused-ring (bicyclic) bond motifs is 2. The van der Waals surface area contributed by atoms with Gasteiger partial charge >= 0.3 is 0 Å². The van der Waals surface area contributed by atoms with Gasteiger partial charge in [0.25, 0.3) is 0 Å². The molecule has 6 heteroatoms. The van der Waals surface area contributed by atoms with Crippen molar-refractivity contribution in [2.75, 3.05) is 23.7 Å². The van der Waals surface area contributed by atoms with Crippen LogP contribution in [0, 0.1) is 5.92 Å². The normalized spacial score (nSPS) is 25.0. The van der Waals surface area contributed by atoms with Crippen LogP contribution in [-0.2, 0) is 4.79 Å². The molecular formula is C15H17N5O. The summed E-state index contributed by atoms with van der Waals surface area (Å²) in [6.07, 6.45) is 3.54. The highest BCUT2D eigenvalue weighted by Gasteiger charge is 2.41. The Balaban J connectivity index is 1.81. The minimum atomic E-state index is 0.0811.